The number of morpholine rings is 1. The Morgan fingerprint density at radius 3 is 3.04 bits per heavy atom. The van der Waals surface area contributed by atoms with E-state index in [2.05, 4.69) is 27.8 Å². The van der Waals surface area contributed by atoms with Crippen LogP contribution in [-0.4, -0.2) is 34.0 Å². The second kappa shape index (κ2) is 5.97. The minimum atomic E-state index is 0.00926. The summed E-state index contributed by atoms with van der Waals surface area (Å²) in [6.07, 6.45) is 6.69. The topological polar surface area (TPSA) is 43.2 Å². The summed E-state index contributed by atoms with van der Waals surface area (Å²) in [6, 6.07) is 4.59. The maximum Gasteiger partial charge on any atom is 0.130 e. The van der Waals surface area contributed by atoms with Gasteiger partial charge >= 0.3 is 0 Å². The van der Waals surface area contributed by atoms with E-state index >= 15 is 0 Å². The molecule has 2 atom stereocenters. The van der Waals surface area contributed by atoms with Gasteiger partial charge in [0.15, 0.2) is 0 Å². The van der Waals surface area contributed by atoms with E-state index in [1.165, 1.54) is 12.8 Å². The predicted octanol–water partition coefficient (Wildman–Crippen LogP) is 4.45. The van der Waals surface area contributed by atoms with Crippen LogP contribution in [0, 0.1) is 0 Å². The molecule has 0 aromatic carbocycles. The van der Waals surface area contributed by atoms with Gasteiger partial charge in [-0.25, -0.2) is 4.98 Å². The Morgan fingerprint density at radius 1 is 1.32 bits per heavy atom. The van der Waals surface area contributed by atoms with Crippen molar-refractivity contribution in [2.24, 2.45) is 0 Å². The van der Waals surface area contributed by atoms with E-state index in [4.69, 9.17) is 21.3 Å². The van der Waals surface area contributed by atoms with E-state index in [0.29, 0.717) is 6.04 Å². The molecule has 0 spiro atoms. The third kappa shape index (κ3) is 2.92. The molecule has 1 saturated carbocycles. The van der Waals surface area contributed by atoms with Crippen LogP contribution < -0.4 is 4.90 Å². The highest BCUT2D eigenvalue weighted by Gasteiger charge is 2.30. The van der Waals surface area contributed by atoms with E-state index in [1.807, 2.05) is 23.7 Å². The fraction of sp³-hybridized carbons (Fsp3) is 0.444. The summed E-state index contributed by atoms with van der Waals surface area (Å²) in [5, 5.41) is 7.31. The van der Waals surface area contributed by atoms with Crippen LogP contribution >= 0.6 is 22.9 Å². The standard InChI is InChI=1S/C18H19ClN4OS/c1-11-8-22(17-6-14(19)18-15(21-17)4-5-25-18)10-16(24-11)12-7-20-23(9-12)13-2-3-13/h4-7,9,11,13,16H,2-3,8,10H2,1H3. The number of nitrogens with zero attached hydrogens (tertiary/aromatic N) is 4. The molecule has 130 valence electrons. The van der Waals surface area contributed by atoms with Crippen molar-refractivity contribution in [1.82, 2.24) is 14.8 Å². The van der Waals surface area contributed by atoms with Crippen LogP contribution in [0.15, 0.2) is 29.9 Å². The Hall–Kier alpha value is -1.63. The fourth-order valence-corrected chi connectivity index (χ4v) is 4.51. The first-order valence-electron chi connectivity index (χ1n) is 8.65. The van der Waals surface area contributed by atoms with Crippen molar-refractivity contribution in [2.45, 2.75) is 38.0 Å². The number of anilines is 1. The predicted molar refractivity (Wildman–Crippen MR) is 101 cm³/mol. The average molecular weight is 375 g/mol. The third-order valence-corrected chi connectivity index (χ3v) is 6.20. The van der Waals surface area contributed by atoms with Gasteiger partial charge in [0.25, 0.3) is 0 Å². The molecule has 1 aliphatic carbocycles. The lowest BCUT2D eigenvalue weighted by Gasteiger charge is -2.37. The lowest BCUT2D eigenvalue weighted by molar-refractivity contribution is -0.0176. The molecular formula is C18H19ClN4OS. The molecular weight excluding hydrogens is 356 g/mol. The van der Waals surface area contributed by atoms with Crippen molar-refractivity contribution >= 4 is 39.0 Å². The summed E-state index contributed by atoms with van der Waals surface area (Å²) in [5.41, 5.74) is 2.11. The zero-order valence-electron chi connectivity index (χ0n) is 13.9. The molecule has 0 N–H and O–H groups in total. The van der Waals surface area contributed by atoms with Gasteiger partial charge in [0.2, 0.25) is 0 Å². The Balaban J connectivity index is 1.43. The number of thiophene rings is 1. The van der Waals surface area contributed by atoms with Gasteiger partial charge in [-0.2, -0.15) is 5.10 Å². The molecule has 4 heterocycles. The highest BCUT2D eigenvalue weighted by Crippen LogP contribution is 2.36. The number of rotatable bonds is 3. The summed E-state index contributed by atoms with van der Waals surface area (Å²) in [6.45, 7) is 3.68. The van der Waals surface area contributed by atoms with Crippen LogP contribution in [0.5, 0.6) is 0 Å². The van der Waals surface area contributed by atoms with Gasteiger partial charge in [-0.15, -0.1) is 11.3 Å². The van der Waals surface area contributed by atoms with Gasteiger partial charge < -0.3 is 9.64 Å². The molecule has 1 saturated heterocycles. The van der Waals surface area contributed by atoms with Crippen LogP contribution in [0.1, 0.15) is 37.5 Å². The molecule has 5 rings (SSSR count). The van der Waals surface area contributed by atoms with Crippen molar-refractivity contribution in [3.8, 4) is 0 Å². The zero-order chi connectivity index (χ0) is 17.0. The molecule has 2 fully saturated rings. The minimum Gasteiger partial charge on any atom is -0.367 e. The molecule has 7 heteroatoms. The number of hydrogen-bond acceptors (Lipinski definition) is 5. The van der Waals surface area contributed by atoms with Gasteiger partial charge in [0, 0.05) is 24.4 Å². The minimum absolute atomic E-state index is 0.00926. The summed E-state index contributed by atoms with van der Waals surface area (Å²) in [7, 11) is 0. The number of aromatic nitrogens is 3. The quantitative estimate of drug-likeness (QED) is 0.679. The SMILES string of the molecule is CC1CN(c2cc(Cl)c3sccc3n2)CC(c2cnn(C3CC3)c2)O1. The van der Waals surface area contributed by atoms with Crippen LogP contribution in [0.4, 0.5) is 5.82 Å². The Kier molecular flexibility index (Phi) is 3.73. The molecule has 3 aromatic heterocycles. The first kappa shape index (κ1) is 15.6. The van der Waals surface area contributed by atoms with E-state index in [1.54, 1.807) is 11.3 Å². The van der Waals surface area contributed by atoms with Crippen molar-refractivity contribution < 1.29 is 4.74 Å². The largest absolute Gasteiger partial charge is 0.367 e. The smallest absolute Gasteiger partial charge is 0.130 e. The van der Waals surface area contributed by atoms with E-state index in [-0.39, 0.29) is 12.2 Å². The van der Waals surface area contributed by atoms with E-state index in [0.717, 1.165) is 39.7 Å². The number of ether oxygens (including phenoxy) is 1. The lowest BCUT2D eigenvalue weighted by atomic mass is 10.1. The Labute approximate surface area is 155 Å². The van der Waals surface area contributed by atoms with Crippen LogP contribution in [0.25, 0.3) is 10.2 Å². The van der Waals surface area contributed by atoms with Crippen molar-refractivity contribution in [2.75, 3.05) is 18.0 Å². The first-order chi connectivity index (χ1) is 12.2. The number of pyridine rings is 1. The molecule has 5 nitrogen and oxygen atoms in total. The summed E-state index contributed by atoms with van der Waals surface area (Å²) in [4.78, 5) is 7.08. The number of fused-ring (bicyclic) bond motifs is 1. The molecule has 2 unspecified atom stereocenters. The van der Waals surface area contributed by atoms with Crippen LogP contribution in [-0.2, 0) is 4.74 Å². The molecule has 3 aromatic rings. The van der Waals surface area contributed by atoms with Crippen LogP contribution in [0.3, 0.4) is 0 Å². The average Bonchev–Trinajstić information content (AvgIpc) is 3.13. The maximum atomic E-state index is 6.46. The molecule has 1 aliphatic heterocycles. The Morgan fingerprint density at radius 2 is 2.20 bits per heavy atom. The van der Waals surface area contributed by atoms with E-state index < -0.39 is 0 Å². The fourth-order valence-electron chi connectivity index (χ4n) is 3.45. The van der Waals surface area contributed by atoms with Gasteiger partial charge in [-0.1, -0.05) is 11.6 Å². The van der Waals surface area contributed by atoms with Crippen molar-refractivity contribution in [1.29, 1.82) is 0 Å². The summed E-state index contributed by atoms with van der Waals surface area (Å²) < 4.78 is 9.31. The maximum absolute atomic E-state index is 6.46. The highest BCUT2D eigenvalue weighted by molar-refractivity contribution is 7.17. The number of hydrogen-bond donors (Lipinski definition) is 0. The molecule has 25 heavy (non-hydrogen) atoms. The number of halogens is 1. The second-order valence-electron chi connectivity index (χ2n) is 6.92. The second-order valence-corrected chi connectivity index (χ2v) is 8.25. The molecule has 2 aliphatic rings. The first-order valence-corrected chi connectivity index (χ1v) is 9.91. The normalized spacial score (nSPS) is 24.2. The monoisotopic (exact) mass is 374 g/mol. The van der Waals surface area contributed by atoms with Crippen molar-refractivity contribution in [3.63, 3.8) is 0 Å². The summed E-state index contributed by atoms with van der Waals surface area (Å²) in [5.74, 6) is 0.922. The Bertz CT molecular complexity index is 919. The lowest BCUT2D eigenvalue weighted by Crippen LogP contribution is -2.43. The molecule has 0 bridgehead atoms. The van der Waals surface area contributed by atoms with Crippen LogP contribution in [0.2, 0.25) is 5.02 Å². The van der Waals surface area contributed by atoms with Gasteiger partial charge in [0.05, 0.1) is 40.1 Å². The molecule has 0 radical (unpaired) electrons. The van der Waals surface area contributed by atoms with Gasteiger partial charge in [0.1, 0.15) is 11.9 Å². The van der Waals surface area contributed by atoms with Gasteiger partial charge in [-0.3, -0.25) is 4.68 Å². The van der Waals surface area contributed by atoms with Crippen molar-refractivity contribution in [3.05, 3.63) is 40.5 Å². The summed E-state index contributed by atoms with van der Waals surface area (Å²) >= 11 is 8.09. The third-order valence-electron chi connectivity index (χ3n) is 4.85. The van der Waals surface area contributed by atoms with E-state index in [9.17, 15) is 0 Å². The van der Waals surface area contributed by atoms with Gasteiger partial charge in [-0.05, 0) is 31.2 Å². The zero-order valence-corrected chi connectivity index (χ0v) is 15.5. The molecule has 0 amide bonds. The highest BCUT2D eigenvalue weighted by atomic mass is 35.5.